The number of nitriles is 1. The van der Waals surface area contributed by atoms with Gasteiger partial charge in [-0.2, -0.15) is 5.26 Å². The molecule has 0 aromatic rings. The van der Waals surface area contributed by atoms with Gasteiger partial charge in [-0.3, -0.25) is 4.79 Å². The van der Waals surface area contributed by atoms with Gasteiger partial charge < -0.3 is 5.11 Å². The van der Waals surface area contributed by atoms with E-state index in [2.05, 4.69) is 6.92 Å². The third kappa shape index (κ3) is 11.3. The van der Waals surface area contributed by atoms with Gasteiger partial charge in [0.2, 0.25) is 17.7 Å². The highest BCUT2D eigenvalue weighted by molar-refractivity contribution is 9.04. The number of aliphatic carboxylic acids is 1. The number of carbonyl (C=O) groups is 1. The van der Waals surface area contributed by atoms with Crippen molar-refractivity contribution < 1.29 is 26.7 Å². The molecule has 1 atom stereocenters. The maximum atomic E-state index is 12.4. The van der Waals surface area contributed by atoms with Gasteiger partial charge in [-0.25, -0.2) is 16.8 Å². The number of nitrogens with zero attached hydrogens (tertiary/aromatic N) is 1. The molecule has 1 N–H and O–H groups in total. The molecule has 0 saturated carbocycles. The van der Waals surface area contributed by atoms with Crippen molar-refractivity contribution in [2.45, 2.75) is 95.6 Å². The van der Waals surface area contributed by atoms with E-state index in [0.717, 1.165) is 26.2 Å². The van der Waals surface area contributed by atoms with Gasteiger partial charge in [0, 0.05) is 6.42 Å². The SMILES string of the molecule is CCCCCCCCCCCCS(=O)(=O)SS(=O)(=O)C(C)(C#N)CCC(=O)O. The van der Waals surface area contributed by atoms with Crippen LogP contribution in [0.25, 0.3) is 0 Å². The highest BCUT2D eigenvalue weighted by Crippen LogP contribution is 2.35. The third-order valence-electron chi connectivity index (χ3n) is 4.55. The molecule has 0 aromatic carbocycles. The summed E-state index contributed by atoms with van der Waals surface area (Å²) in [6.45, 7) is 3.24. The van der Waals surface area contributed by atoms with Gasteiger partial charge in [0.05, 0.1) is 11.8 Å². The minimum atomic E-state index is -4.38. The smallest absolute Gasteiger partial charge is 0.303 e. The fraction of sp³-hybridized carbons (Fsp3) is 0.889. The minimum Gasteiger partial charge on any atom is -0.481 e. The van der Waals surface area contributed by atoms with Crippen molar-refractivity contribution >= 4 is 33.5 Å². The second-order valence-corrected chi connectivity index (χ2v) is 15.1. The lowest BCUT2D eigenvalue weighted by Gasteiger charge is -2.19. The number of carboxylic acid groups (broad SMARTS) is 1. The minimum absolute atomic E-state index is 0.204. The Balaban J connectivity index is 4.34. The van der Waals surface area contributed by atoms with Crippen LogP contribution in [0, 0.1) is 11.3 Å². The van der Waals surface area contributed by atoms with Gasteiger partial charge in [0.1, 0.15) is 9.83 Å². The zero-order valence-electron chi connectivity index (χ0n) is 16.9. The Morgan fingerprint density at radius 3 is 1.86 bits per heavy atom. The van der Waals surface area contributed by atoms with Crippen LogP contribution in [0.5, 0.6) is 0 Å². The molecule has 0 radical (unpaired) electrons. The van der Waals surface area contributed by atoms with E-state index >= 15 is 0 Å². The lowest BCUT2D eigenvalue weighted by molar-refractivity contribution is -0.137. The summed E-state index contributed by atoms with van der Waals surface area (Å²) in [5.41, 5.74) is 0. The van der Waals surface area contributed by atoms with Crippen molar-refractivity contribution in [1.29, 1.82) is 5.26 Å². The van der Waals surface area contributed by atoms with Crippen LogP contribution in [-0.2, 0) is 22.5 Å². The average Bonchev–Trinajstić information content (AvgIpc) is 2.60. The largest absolute Gasteiger partial charge is 0.481 e. The fourth-order valence-electron chi connectivity index (χ4n) is 2.59. The van der Waals surface area contributed by atoms with Crippen LogP contribution in [0.4, 0.5) is 0 Å². The number of carboxylic acids is 1. The van der Waals surface area contributed by atoms with Crippen molar-refractivity contribution in [3.63, 3.8) is 0 Å². The lowest BCUT2D eigenvalue weighted by Crippen LogP contribution is -2.33. The Kier molecular flexibility index (Phi) is 13.1. The Morgan fingerprint density at radius 1 is 0.964 bits per heavy atom. The summed E-state index contributed by atoms with van der Waals surface area (Å²) in [6.07, 6.45) is 9.35. The number of unbranched alkanes of at least 4 members (excludes halogenated alkanes) is 9. The molecule has 0 rings (SSSR count). The van der Waals surface area contributed by atoms with Gasteiger partial charge in [-0.15, -0.1) is 0 Å². The van der Waals surface area contributed by atoms with E-state index in [1.807, 2.05) is 0 Å². The maximum absolute atomic E-state index is 12.4. The molecule has 0 bridgehead atoms. The fourth-order valence-corrected chi connectivity index (χ4v) is 10.7. The predicted molar refractivity (Wildman–Crippen MR) is 113 cm³/mol. The zero-order chi connectivity index (χ0) is 21.7. The van der Waals surface area contributed by atoms with E-state index in [9.17, 15) is 21.6 Å². The predicted octanol–water partition coefficient (Wildman–Crippen LogP) is 4.45. The Morgan fingerprint density at radius 2 is 1.43 bits per heavy atom. The van der Waals surface area contributed by atoms with Gasteiger partial charge >= 0.3 is 5.97 Å². The highest BCUT2D eigenvalue weighted by atomic mass is 33.5. The van der Waals surface area contributed by atoms with E-state index < -0.39 is 41.3 Å². The summed E-state index contributed by atoms with van der Waals surface area (Å²) in [5, 5.41) is 17.9. The molecule has 0 aliphatic heterocycles. The number of hydrogen-bond donors (Lipinski definition) is 1. The molecule has 0 spiro atoms. The molecule has 164 valence electrons. The van der Waals surface area contributed by atoms with Crippen molar-refractivity contribution in [2.75, 3.05) is 5.75 Å². The zero-order valence-corrected chi connectivity index (χ0v) is 19.3. The molecule has 0 aromatic heterocycles. The number of rotatable bonds is 17. The maximum Gasteiger partial charge on any atom is 0.303 e. The summed E-state index contributed by atoms with van der Waals surface area (Å²) < 4.78 is 47.0. The number of hydrogen-bond acceptors (Lipinski definition) is 7. The Labute approximate surface area is 172 Å². The first-order valence-electron chi connectivity index (χ1n) is 9.81. The van der Waals surface area contributed by atoms with Crippen LogP contribution in [-0.4, -0.2) is 38.4 Å². The molecule has 1 unspecified atom stereocenters. The molecule has 28 heavy (non-hydrogen) atoms. The van der Waals surface area contributed by atoms with E-state index in [1.54, 1.807) is 6.07 Å². The standard InChI is InChI=1S/C18H33NO6S3/c1-3-4-5-6-7-8-9-10-11-12-15-27(22,23)26-28(24,25)18(2,16-19)14-13-17(20)21/h3-15H2,1-2H3,(H,20,21). The van der Waals surface area contributed by atoms with Crippen molar-refractivity contribution in [3.05, 3.63) is 0 Å². The molecule has 0 aliphatic carbocycles. The van der Waals surface area contributed by atoms with Crippen LogP contribution < -0.4 is 0 Å². The molecule has 0 fully saturated rings. The first-order chi connectivity index (χ1) is 13.0. The molecule has 0 saturated heterocycles. The summed E-state index contributed by atoms with van der Waals surface area (Å²) in [4.78, 5) is 10.7. The van der Waals surface area contributed by atoms with E-state index in [4.69, 9.17) is 10.4 Å². The normalized spacial score (nSPS) is 14.3. The molecular weight excluding hydrogens is 422 g/mol. The topological polar surface area (TPSA) is 129 Å². The third-order valence-corrected chi connectivity index (χ3v) is 13.4. The van der Waals surface area contributed by atoms with Crippen LogP contribution >= 0.6 is 9.83 Å². The van der Waals surface area contributed by atoms with E-state index in [0.29, 0.717) is 12.8 Å². The van der Waals surface area contributed by atoms with Gasteiger partial charge in [-0.05, 0) is 19.8 Å². The van der Waals surface area contributed by atoms with Crippen molar-refractivity contribution in [1.82, 2.24) is 0 Å². The molecule has 10 heteroatoms. The second-order valence-electron chi connectivity index (χ2n) is 7.20. The first kappa shape index (κ1) is 27.2. The van der Waals surface area contributed by atoms with Crippen molar-refractivity contribution in [3.8, 4) is 6.07 Å². The quantitative estimate of drug-likeness (QED) is 0.251. The van der Waals surface area contributed by atoms with Crippen LogP contribution in [0.15, 0.2) is 0 Å². The Hall–Kier alpha value is -0.790. The summed E-state index contributed by atoms with van der Waals surface area (Å²) >= 11 is 0. The first-order valence-corrected chi connectivity index (χ1v) is 14.8. The Bertz CT molecular complexity index is 712. The van der Waals surface area contributed by atoms with E-state index in [1.165, 1.54) is 32.1 Å². The van der Waals surface area contributed by atoms with Gasteiger partial charge in [-0.1, -0.05) is 64.7 Å². The summed E-state index contributed by atoms with van der Waals surface area (Å²) in [5.74, 6) is -1.51. The molecule has 0 amide bonds. The van der Waals surface area contributed by atoms with Gasteiger partial charge in [0.15, 0.2) is 4.75 Å². The van der Waals surface area contributed by atoms with E-state index in [-0.39, 0.29) is 15.6 Å². The molecule has 7 nitrogen and oxygen atoms in total. The lowest BCUT2D eigenvalue weighted by atomic mass is 10.1. The second kappa shape index (κ2) is 13.4. The summed E-state index contributed by atoms with van der Waals surface area (Å²) in [7, 11) is -8.54. The van der Waals surface area contributed by atoms with Gasteiger partial charge in [0.25, 0.3) is 0 Å². The molecule has 0 aliphatic rings. The van der Waals surface area contributed by atoms with Crippen LogP contribution in [0.1, 0.15) is 90.9 Å². The molecule has 0 heterocycles. The van der Waals surface area contributed by atoms with Crippen LogP contribution in [0.2, 0.25) is 0 Å². The molecular formula is C18H33NO6S3. The summed E-state index contributed by atoms with van der Waals surface area (Å²) in [6, 6.07) is 1.57. The van der Waals surface area contributed by atoms with Crippen molar-refractivity contribution in [2.24, 2.45) is 0 Å². The van der Waals surface area contributed by atoms with Crippen LogP contribution in [0.3, 0.4) is 0 Å². The monoisotopic (exact) mass is 455 g/mol. The average molecular weight is 456 g/mol. The highest BCUT2D eigenvalue weighted by Gasteiger charge is 2.43.